The number of ether oxygens (including phenoxy) is 2. The predicted octanol–water partition coefficient (Wildman–Crippen LogP) is 2.70. The molecule has 1 aromatic heterocycles. The second-order valence-electron chi connectivity index (χ2n) is 6.94. The number of thioether (sulfide) groups is 1. The molecule has 8 heteroatoms. The maximum atomic E-state index is 11.7. The minimum absolute atomic E-state index is 0.379. The summed E-state index contributed by atoms with van der Waals surface area (Å²) in [7, 11) is 1.36. The van der Waals surface area contributed by atoms with Crippen LogP contribution in [0, 0.1) is 11.3 Å². The number of rotatable bonds is 3. The summed E-state index contributed by atoms with van der Waals surface area (Å²) in [5.41, 5.74) is 2.33. The average molecular weight is 396 g/mol. The molecule has 1 saturated heterocycles. The van der Waals surface area contributed by atoms with Crippen molar-refractivity contribution in [2.75, 3.05) is 38.3 Å². The molecule has 7 nitrogen and oxygen atoms in total. The van der Waals surface area contributed by atoms with Gasteiger partial charge in [0, 0.05) is 30.6 Å². The fraction of sp³-hybridized carbons (Fsp3) is 0.400. The molecule has 0 spiro atoms. The standard InChI is InChI=1S/C20H20N4O3S/c1-20(12-21)11-15-17(24-7-9-27-10-8-24)22-16(23-18(15)28-20)13-3-5-14(6-4-13)19(25)26-2/h3-6H,7-11H2,1-2H3. The zero-order valence-corrected chi connectivity index (χ0v) is 16.6. The minimum Gasteiger partial charge on any atom is -0.465 e. The normalized spacial score (nSPS) is 21.1. The van der Waals surface area contributed by atoms with Crippen molar-refractivity contribution in [3.63, 3.8) is 0 Å². The van der Waals surface area contributed by atoms with Gasteiger partial charge in [0.05, 0.1) is 32.0 Å². The lowest BCUT2D eigenvalue weighted by molar-refractivity contribution is 0.0600. The zero-order valence-electron chi connectivity index (χ0n) is 15.8. The van der Waals surface area contributed by atoms with Crippen molar-refractivity contribution in [1.82, 2.24) is 9.97 Å². The van der Waals surface area contributed by atoms with Crippen molar-refractivity contribution < 1.29 is 14.3 Å². The van der Waals surface area contributed by atoms with E-state index in [1.807, 2.05) is 19.1 Å². The van der Waals surface area contributed by atoms with Crippen LogP contribution in [-0.2, 0) is 15.9 Å². The number of benzene rings is 1. The second-order valence-corrected chi connectivity index (χ2v) is 8.44. The van der Waals surface area contributed by atoms with Gasteiger partial charge in [0.2, 0.25) is 0 Å². The SMILES string of the molecule is COC(=O)c1ccc(-c2nc3c(c(N4CCOCC4)n2)CC(C)(C#N)S3)cc1. The molecular formula is C20H20N4O3S. The largest absolute Gasteiger partial charge is 0.465 e. The van der Waals surface area contributed by atoms with Gasteiger partial charge >= 0.3 is 5.97 Å². The number of hydrogen-bond donors (Lipinski definition) is 0. The Bertz CT molecular complexity index is 951. The molecule has 0 saturated carbocycles. The molecule has 4 rings (SSSR count). The van der Waals surface area contributed by atoms with E-state index in [2.05, 4.69) is 11.0 Å². The Kier molecular flexibility index (Phi) is 4.96. The first-order valence-electron chi connectivity index (χ1n) is 9.05. The molecule has 2 aliphatic heterocycles. The highest BCUT2D eigenvalue weighted by molar-refractivity contribution is 8.01. The van der Waals surface area contributed by atoms with Crippen molar-refractivity contribution in [3.8, 4) is 17.5 Å². The third kappa shape index (κ3) is 3.43. The van der Waals surface area contributed by atoms with E-state index in [1.54, 1.807) is 12.1 Å². The van der Waals surface area contributed by atoms with E-state index in [0.29, 0.717) is 31.0 Å². The lowest BCUT2D eigenvalue weighted by Gasteiger charge is -2.29. The summed E-state index contributed by atoms with van der Waals surface area (Å²) in [6, 6.07) is 9.46. The first-order valence-corrected chi connectivity index (χ1v) is 9.87. The third-order valence-corrected chi connectivity index (χ3v) is 6.11. The summed E-state index contributed by atoms with van der Waals surface area (Å²) in [5, 5.41) is 10.4. The number of anilines is 1. The van der Waals surface area contributed by atoms with Crippen LogP contribution in [0.25, 0.3) is 11.4 Å². The summed E-state index contributed by atoms with van der Waals surface area (Å²) in [6.07, 6.45) is 0.623. The van der Waals surface area contributed by atoms with E-state index in [4.69, 9.17) is 19.4 Å². The number of esters is 1. The van der Waals surface area contributed by atoms with Gasteiger partial charge in [0.15, 0.2) is 5.82 Å². The molecule has 0 bridgehead atoms. The first-order chi connectivity index (χ1) is 13.5. The molecule has 0 amide bonds. The number of hydrogen-bond acceptors (Lipinski definition) is 8. The second kappa shape index (κ2) is 7.41. The molecule has 1 fully saturated rings. The molecule has 0 radical (unpaired) electrons. The molecule has 3 heterocycles. The average Bonchev–Trinajstić information content (AvgIpc) is 3.10. The first kappa shape index (κ1) is 18.7. The molecule has 1 atom stereocenters. The Labute approximate surface area is 167 Å². The Morgan fingerprint density at radius 1 is 1.29 bits per heavy atom. The summed E-state index contributed by atoms with van der Waals surface area (Å²) in [4.78, 5) is 23.5. The Hall–Kier alpha value is -2.63. The molecule has 2 aliphatic rings. The topological polar surface area (TPSA) is 88.3 Å². The number of nitriles is 1. The Morgan fingerprint density at radius 3 is 2.64 bits per heavy atom. The molecule has 144 valence electrons. The summed E-state index contributed by atoms with van der Waals surface area (Å²) in [6.45, 7) is 4.78. The highest BCUT2D eigenvalue weighted by Crippen LogP contribution is 2.47. The van der Waals surface area contributed by atoms with Gasteiger partial charge in [0.25, 0.3) is 0 Å². The smallest absolute Gasteiger partial charge is 0.337 e. The van der Waals surface area contributed by atoms with Crippen LogP contribution < -0.4 is 4.90 Å². The lowest BCUT2D eigenvalue weighted by atomic mass is 10.0. The van der Waals surface area contributed by atoms with Gasteiger partial charge < -0.3 is 14.4 Å². The van der Waals surface area contributed by atoms with E-state index >= 15 is 0 Å². The van der Waals surface area contributed by atoms with Crippen LogP contribution >= 0.6 is 11.8 Å². The number of aromatic nitrogens is 2. The maximum absolute atomic E-state index is 11.7. The van der Waals surface area contributed by atoms with Crippen LogP contribution in [0.3, 0.4) is 0 Å². The van der Waals surface area contributed by atoms with E-state index in [9.17, 15) is 10.1 Å². The van der Waals surface area contributed by atoms with E-state index in [-0.39, 0.29) is 5.97 Å². The summed E-state index contributed by atoms with van der Waals surface area (Å²) < 4.78 is 9.69. The number of carbonyl (C=O) groups is 1. The van der Waals surface area contributed by atoms with Gasteiger partial charge in [-0.2, -0.15) is 5.26 Å². The lowest BCUT2D eigenvalue weighted by Crippen LogP contribution is -2.37. The maximum Gasteiger partial charge on any atom is 0.337 e. The van der Waals surface area contributed by atoms with E-state index in [1.165, 1.54) is 18.9 Å². The highest BCUT2D eigenvalue weighted by atomic mass is 32.2. The van der Waals surface area contributed by atoms with Crippen LogP contribution in [0.5, 0.6) is 0 Å². The number of methoxy groups -OCH3 is 1. The van der Waals surface area contributed by atoms with Gasteiger partial charge in [-0.25, -0.2) is 14.8 Å². The third-order valence-electron chi connectivity index (χ3n) is 4.89. The zero-order chi connectivity index (χ0) is 19.7. The van der Waals surface area contributed by atoms with Gasteiger partial charge in [-0.3, -0.25) is 0 Å². The molecule has 2 aromatic rings. The quantitative estimate of drug-likeness (QED) is 0.578. The fourth-order valence-corrected chi connectivity index (χ4v) is 4.49. The molecule has 1 aromatic carbocycles. The summed E-state index contributed by atoms with van der Waals surface area (Å²) >= 11 is 1.49. The fourth-order valence-electron chi connectivity index (χ4n) is 3.38. The Morgan fingerprint density at radius 2 is 2.00 bits per heavy atom. The number of fused-ring (bicyclic) bond motifs is 1. The van der Waals surface area contributed by atoms with Crippen LogP contribution in [0.15, 0.2) is 29.3 Å². The van der Waals surface area contributed by atoms with Crippen molar-refractivity contribution in [3.05, 3.63) is 35.4 Å². The van der Waals surface area contributed by atoms with Crippen molar-refractivity contribution in [2.45, 2.75) is 23.1 Å². The molecular weight excluding hydrogens is 376 g/mol. The van der Waals surface area contributed by atoms with Crippen LogP contribution in [0.2, 0.25) is 0 Å². The van der Waals surface area contributed by atoms with E-state index in [0.717, 1.165) is 35.1 Å². The van der Waals surface area contributed by atoms with Gasteiger partial charge in [0.1, 0.15) is 15.6 Å². The molecule has 0 N–H and O–H groups in total. The monoisotopic (exact) mass is 396 g/mol. The Balaban J connectivity index is 1.76. The van der Waals surface area contributed by atoms with Crippen LogP contribution in [0.1, 0.15) is 22.8 Å². The molecule has 1 unspecified atom stereocenters. The number of nitrogens with zero attached hydrogens (tertiary/aromatic N) is 4. The molecule has 0 aliphatic carbocycles. The number of carbonyl (C=O) groups excluding carboxylic acids is 1. The van der Waals surface area contributed by atoms with Crippen molar-refractivity contribution in [2.24, 2.45) is 0 Å². The van der Waals surface area contributed by atoms with Crippen molar-refractivity contribution >= 4 is 23.5 Å². The van der Waals surface area contributed by atoms with Gasteiger partial charge in [-0.1, -0.05) is 23.9 Å². The summed E-state index contributed by atoms with van der Waals surface area (Å²) in [5.74, 6) is 1.09. The highest BCUT2D eigenvalue weighted by Gasteiger charge is 2.39. The predicted molar refractivity (Wildman–Crippen MR) is 105 cm³/mol. The van der Waals surface area contributed by atoms with E-state index < -0.39 is 4.75 Å². The van der Waals surface area contributed by atoms with Gasteiger partial charge in [-0.05, 0) is 19.1 Å². The van der Waals surface area contributed by atoms with Crippen LogP contribution in [0.4, 0.5) is 5.82 Å². The van der Waals surface area contributed by atoms with Gasteiger partial charge in [-0.15, -0.1) is 0 Å². The minimum atomic E-state index is -0.536. The molecule has 28 heavy (non-hydrogen) atoms. The number of morpholine rings is 1. The van der Waals surface area contributed by atoms with Crippen LogP contribution in [-0.4, -0.2) is 54.1 Å². The van der Waals surface area contributed by atoms with Crippen molar-refractivity contribution in [1.29, 1.82) is 5.26 Å².